The lowest BCUT2D eigenvalue weighted by atomic mass is 10.1. The largest absolute Gasteiger partial charge is 0.381 e. The molecular weight excluding hydrogens is 204 g/mol. The minimum atomic E-state index is -0.497. The summed E-state index contributed by atoms with van der Waals surface area (Å²) in [7, 11) is 1.79. The standard InChI is InChI=1S/C12H26N2O2/c1-5-6-9-16-10-7-8-14-11(15)12(2,3)13-4/h13H,5-10H2,1-4H3,(H,14,15). The Morgan fingerprint density at radius 2 is 1.88 bits per heavy atom. The average Bonchev–Trinajstić information content (AvgIpc) is 2.27. The Morgan fingerprint density at radius 3 is 2.44 bits per heavy atom. The molecule has 0 saturated heterocycles. The first-order chi connectivity index (χ1) is 7.54. The van der Waals surface area contributed by atoms with Gasteiger partial charge in [-0.15, -0.1) is 0 Å². The first-order valence-corrected chi connectivity index (χ1v) is 6.09. The van der Waals surface area contributed by atoms with E-state index in [4.69, 9.17) is 4.74 Å². The predicted octanol–water partition coefficient (Wildman–Crippen LogP) is 1.31. The Hall–Kier alpha value is -0.610. The fraction of sp³-hybridized carbons (Fsp3) is 0.917. The summed E-state index contributed by atoms with van der Waals surface area (Å²) >= 11 is 0. The molecular formula is C12H26N2O2. The van der Waals surface area contributed by atoms with Crippen LogP contribution in [0.4, 0.5) is 0 Å². The lowest BCUT2D eigenvalue weighted by Gasteiger charge is -2.22. The number of ether oxygens (including phenoxy) is 1. The highest BCUT2D eigenvalue weighted by molar-refractivity contribution is 5.85. The maximum absolute atomic E-state index is 11.6. The van der Waals surface area contributed by atoms with Crippen LogP contribution in [0.2, 0.25) is 0 Å². The maximum Gasteiger partial charge on any atom is 0.239 e. The van der Waals surface area contributed by atoms with Crippen molar-refractivity contribution in [3.8, 4) is 0 Å². The summed E-state index contributed by atoms with van der Waals surface area (Å²) in [6.45, 7) is 8.09. The monoisotopic (exact) mass is 230 g/mol. The van der Waals surface area contributed by atoms with Gasteiger partial charge in [-0.25, -0.2) is 0 Å². The Balaban J connectivity index is 3.42. The van der Waals surface area contributed by atoms with Crippen LogP contribution in [-0.4, -0.2) is 38.3 Å². The lowest BCUT2D eigenvalue weighted by molar-refractivity contribution is -0.126. The molecule has 0 spiro atoms. The number of carbonyl (C=O) groups is 1. The van der Waals surface area contributed by atoms with E-state index in [1.54, 1.807) is 7.05 Å². The van der Waals surface area contributed by atoms with E-state index in [-0.39, 0.29) is 5.91 Å². The first kappa shape index (κ1) is 15.4. The molecule has 1 amide bonds. The molecule has 16 heavy (non-hydrogen) atoms. The van der Waals surface area contributed by atoms with Gasteiger partial charge in [0, 0.05) is 19.8 Å². The van der Waals surface area contributed by atoms with Crippen LogP contribution in [0.25, 0.3) is 0 Å². The summed E-state index contributed by atoms with van der Waals surface area (Å²) in [6.07, 6.45) is 3.14. The van der Waals surface area contributed by atoms with E-state index >= 15 is 0 Å². The van der Waals surface area contributed by atoms with E-state index in [2.05, 4.69) is 17.6 Å². The number of unbranched alkanes of at least 4 members (excludes halogenated alkanes) is 1. The van der Waals surface area contributed by atoms with Crippen molar-refractivity contribution in [2.45, 2.75) is 45.6 Å². The number of rotatable bonds is 9. The fourth-order valence-electron chi connectivity index (χ4n) is 1.06. The van der Waals surface area contributed by atoms with Gasteiger partial charge in [-0.3, -0.25) is 4.79 Å². The van der Waals surface area contributed by atoms with Gasteiger partial charge in [0.2, 0.25) is 5.91 Å². The summed E-state index contributed by atoms with van der Waals surface area (Å²) in [5.41, 5.74) is -0.497. The van der Waals surface area contributed by atoms with Gasteiger partial charge in [0.15, 0.2) is 0 Å². The number of carbonyl (C=O) groups excluding carboxylic acids is 1. The third-order valence-electron chi connectivity index (χ3n) is 2.59. The van der Waals surface area contributed by atoms with Crippen LogP contribution in [-0.2, 0) is 9.53 Å². The number of hydrogen-bond acceptors (Lipinski definition) is 3. The smallest absolute Gasteiger partial charge is 0.239 e. The first-order valence-electron chi connectivity index (χ1n) is 6.09. The number of nitrogens with one attached hydrogen (secondary N) is 2. The van der Waals surface area contributed by atoms with Crippen molar-refractivity contribution in [2.24, 2.45) is 0 Å². The number of amides is 1. The second-order valence-electron chi connectivity index (χ2n) is 4.45. The molecule has 0 atom stereocenters. The van der Waals surface area contributed by atoms with Crippen molar-refractivity contribution in [1.29, 1.82) is 0 Å². The molecule has 0 aromatic carbocycles. The Bertz CT molecular complexity index is 193. The lowest BCUT2D eigenvalue weighted by Crippen LogP contribution is -2.51. The molecule has 96 valence electrons. The Kier molecular flexibility index (Phi) is 8.21. The normalized spacial score (nSPS) is 11.5. The zero-order valence-corrected chi connectivity index (χ0v) is 11.1. The van der Waals surface area contributed by atoms with Crippen LogP contribution in [0.1, 0.15) is 40.0 Å². The van der Waals surface area contributed by atoms with Crippen molar-refractivity contribution < 1.29 is 9.53 Å². The minimum absolute atomic E-state index is 0.0311. The van der Waals surface area contributed by atoms with Gasteiger partial charge < -0.3 is 15.4 Å². The number of hydrogen-bond donors (Lipinski definition) is 2. The third-order valence-corrected chi connectivity index (χ3v) is 2.59. The molecule has 0 bridgehead atoms. The average molecular weight is 230 g/mol. The van der Waals surface area contributed by atoms with E-state index in [1.807, 2.05) is 13.8 Å². The van der Waals surface area contributed by atoms with E-state index in [1.165, 1.54) is 0 Å². The van der Waals surface area contributed by atoms with Crippen molar-refractivity contribution in [1.82, 2.24) is 10.6 Å². The molecule has 0 fully saturated rings. The van der Waals surface area contributed by atoms with Crippen LogP contribution >= 0.6 is 0 Å². The predicted molar refractivity (Wildman–Crippen MR) is 66.5 cm³/mol. The van der Waals surface area contributed by atoms with E-state index in [0.29, 0.717) is 6.54 Å². The highest BCUT2D eigenvalue weighted by Gasteiger charge is 2.24. The fourth-order valence-corrected chi connectivity index (χ4v) is 1.06. The van der Waals surface area contributed by atoms with Crippen LogP contribution < -0.4 is 10.6 Å². The second kappa shape index (κ2) is 8.53. The van der Waals surface area contributed by atoms with Gasteiger partial charge in [-0.05, 0) is 33.7 Å². The van der Waals surface area contributed by atoms with Gasteiger partial charge in [0.1, 0.15) is 0 Å². The van der Waals surface area contributed by atoms with Crippen molar-refractivity contribution in [2.75, 3.05) is 26.8 Å². The molecule has 2 N–H and O–H groups in total. The highest BCUT2D eigenvalue weighted by Crippen LogP contribution is 1.99. The summed E-state index contributed by atoms with van der Waals surface area (Å²) in [4.78, 5) is 11.6. The molecule has 4 heteroatoms. The molecule has 0 aliphatic rings. The van der Waals surface area contributed by atoms with Gasteiger partial charge in [-0.2, -0.15) is 0 Å². The molecule has 4 nitrogen and oxygen atoms in total. The van der Waals surface area contributed by atoms with Crippen LogP contribution in [0.5, 0.6) is 0 Å². The van der Waals surface area contributed by atoms with Gasteiger partial charge in [0.25, 0.3) is 0 Å². The van der Waals surface area contributed by atoms with Gasteiger partial charge >= 0.3 is 0 Å². The Labute approximate surface area is 99.1 Å². The van der Waals surface area contributed by atoms with Crippen LogP contribution in [0.15, 0.2) is 0 Å². The summed E-state index contributed by atoms with van der Waals surface area (Å²) in [5.74, 6) is 0.0311. The zero-order chi connectivity index (χ0) is 12.4. The molecule has 0 heterocycles. The summed E-state index contributed by atoms with van der Waals surface area (Å²) < 4.78 is 5.40. The second-order valence-corrected chi connectivity index (χ2v) is 4.45. The third kappa shape index (κ3) is 6.80. The molecule has 0 saturated carbocycles. The molecule has 0 aromatic heterocycles. The topological polar surface area (TPSA) is 50.4 Å². The van der Waals surface area contributed by atoms with E-state index in [0.717, 1.165) is 32.5 Å². The molecule has 0 aliphatic carbocycles. The molecule has 0 aromatic rings. The minimum Gasteiger partial charge on any atom is -0.381 e. The SMILES string of the molecule is CCCCOCCCNC(=O)C(C)(C)NC. The van der Waals surface area contributed by atoms with Crippen LogP contribution in [0, 0.1) is 0 Å². The van der Waals surface area contributed by atoms with Gasteiger partial charge in [0.05, 0.1) is 5.54 Å². The van der Waals surface area contributed by atoms with Crippen molar-refractivity contribution in [3.05, 3.63) is 0 Å². The van der Waals surface area contributed by atoms with E-state index in [9.17, 15) is 4.79 Å². The zero-order valence-electron chi connectivity index (χ0n) is 11.1. The highest BCUT2D eigenvalue weighted by atomic mass is 16.5. The molecule has 0 aliphatic heterocycles. The molecule has 0 unspecified atom stereocenters. The quantitative estimate of drug-likeness (QED) is 0.587. The summed E-state index contributed by atoms with van der Waals surface area (Å²) in [6, 6.07) is 0. The van der Waals surface area contributed by atoms with Crippen molar-refractivity contribution >= 4 is 5.91 Å². The summed E-state index contributed by atoms with van der Waals surface area (Å²) in [5, 5.41) is 5.85. The van der Waals surface area contributed by atoms with Gasteiger partial charge in [-0.1, -0.05) is 13.3 Å². The Morgan fingerprint density at radius 1 is 1.25 bits per heavy atom. The number of likely N-dealkylation sites (N-methyl/N-ethyl adjacent to an activating group) is 1. The van der Waals surface area contributed by atoms with Crippen LogP contribution in [0.3, 0.4) is 0 Å². The molecule has 0 radical (unpaired) electrons. The van der Waals surface area contributed by atoms with Crippen molar-refractivity contribution in [3.63, 3.8) is 0 Å². The molecule has 0 rings (SSSR count). The van der Waals surface area contributed by atoms with E-state index < -0.39 is 5.54 Å². The maximum atomic E-state index is 11.6.